The van der Waals surface area contributed by atoms with E-state index in [0.717, 1.165) is 53.9 Å². The van der Waals surface area contributed by atoms with E-state index in [2.05, 4.69) is 30.6 Å². The molecule has 10 nitrogen and oxygen atoms in total. The van der Waals surface area contributed by atoms with Crippen LogP contribution in [0, 0.1) is 12.8 Å². The molecule has 3 N–H and O–H groups in total. The number of anilines is 4. The number of hydrogen-bond donors (Lipinski definition) is 3. The van der Waals surface area contributed by atoms with Crippen molar-refractivity contribution >= 4 is 40.8 Å². The van der Waals surface area contributed by atoms with E-state index in [4.69, 9.17) is 14.7 Å². The Balaban J connectivity index is 1.33. The van der Waals surface area contributed by atoms with Crippen molar-refractivity contribution in [1.29, 1.82) is 0 Å². The number of piperidine rings is 2. The van der Waals surface area contributed by atoms with Crippen molar-refractivity contribution in [3.05, 3.63) is 36.0 Å². The van der Waals surface area contributed by atoms with Gasteiger partial charge in [-0.3, -0.25) is 9.89 Å². The predicted octanol–water partition coefficient (Wildman–Crippen LogP) is 5.46. The summed E-state index contributed by atoms with van der Waals surface area (Å²) < 4.78 is 5.90. The zero-order valence-electron chi connectivity index (χ0n) is 23.7. The minimum Gasteiger partial charge on any atom is -0.490 e. The SMILES string of the molecule is COc1c(Nc2cc(C)[nH]n2)nc(Sc2ccc(NC(C)=O)cc2)nc1N1CCC(CCN2CCCCC2)CC1. The van der Waals surface area contributed by atoms with Gasteiger partial charge in [-0.2, -0.15) is 5.10 Å². The Hall–Kier alpha value is -3.31. The Morgan fingerprint density at radius 1 is 1.10 bits per heavy atom. The summed E-state index contributed by atoms with van der Waals surface area (Å²) in [4.78, 5) is 27.2. The number of methoxy groups -OCH3 is 1. The molecule has 2 aromatic heterocycles. The summed E-state index contributed by atoms with van der Waals surface area (Å²) >= 11 is 1.48. The minimum atomic E-state index is -0.0943. The molecule has 40 heavy (non-hydrogen) atoms. The monoisotopic (exact) mass is 564 g/mol. The lowest BCUT2D eigenvalue weighted by molar-refractivity contribution is -0.114. The van der Waals surface area contributed by atoms with Gasteiger partial charge in [-0.1, -0.05) is 6.42 Å². The van der Waals surface area contributed by atoms with Gasteiger partial charge in [-0.15, -0.1) is 0 Å². The average Bonchev–Trinajstić information content (AvgIpc) is 3.37. The van der Waals surface area contributed by atoms with Gasteiger partial charge in [0.15, 0.2) is 22.6 Å². The third kappa shape index (κ3) is 7.45. The summed E-state index contributed by atoms with van der Waals surface area (Å²) in [7, 11) is 1.67. The van der Waals surface area contributed by atoms with Crippen molar-refractivity contribution < 1.29 is 9.53 Å². The fraction of sp³-hybridized carbons (Fsp3) is 0.517. The van der Waals surface area contributed by atoms with E-state index in [9.17, 15) is 4.79 Å². The Kier molecular flexibility index (Phi) is 9.43. The van der Waals surface area contributed by atoms with Crippen LogP contribution in [-0.2, 0) is 4.79 Å². The van der Waals surface area contributed by atoms with Crippen LogP contribution in [0.2, 0.25) is 0 Å². The highest BCUT2D eigenvalue weighted by Gasteiger charge is 2.26. The van der Waals surface area contributed by atoms with Gasteiger partial charge < -0.3 is 25.2 Å². The number of carbonyl (C=O) groups excluding carboxylic acids is 1. The number of hydrogen-bond acceptors (Lipinski definition) is 9. The molecule has 1 aromatic carbocycles. The van der Waals surface area contributed by atoms with Gasteiger partial charge in [0.1, 0.15) is 0 Å². The number of nitrogens with one attached hydrogen (secondary N) is 3. The number of ether oxygens (including phenoxy) is 1. The molecule has 0 bridgehead atoms. The van der Waals surface area contributed by atoms with E-state index in [-0.39, 0.29) is 5.91 Å². The first-order valence-electron chi connectivity index (χ1n) is 14.2. The van der Waals surface area contributed by atoms with E-state index in [1.165, 1.54) is 64.0 Å². The molecule has 2 aliphatic rings. The Bertz CT molecular complexity index is 1270. The van der Waals surface area contributed by atoms with Gasteiger partial charge in [-0.25, -0.2) is 9.97 Å². The summed E-state index contributed by atoms with van der Waals surface area (Å²) in [6.45, 7) is 9.09. The lowest BCUT2D eigenvalue weighted by Gasteiger charge is -2.35. The van der Waals surface area contributed by atoms with Gasteiger partial charge in [-0.05, 0) is 101 Å². The lowest BCUT2D eigenvalue weighted by atomic mass is 9.93. The average molecular weight is 565 g/mol. The fourth-order valence-corrected chi connectivity index (χ4v) is 6.20. The van der Waals surface area contributed by atoms with Crippen LogP contribution in [0.5, 0.6) is 5.75 Å². The molecule has 0 aliphatic carbocycles. The summed E-state index contributed by atoms with van der Waals surface area (Å²) in [6.07, 6.45) is 7.65. The maximum Gasteiger partial charge on any atom is 0.221 e. The molecule has 2 saturated heterocycles. The van der Waals surface area contributed by atoms with Crippen LogP contribution in [0.15, 0.2) is 40.4 Å². The summed E-state index contributed by atoms with van der Waals surface area (Å²) in [5.41, 5.74) is 1.71. The maximum absolute atomic E-state index is 11.4. The first-order chi connectivity index (χ1) is 19.5. The van der Waals surface area contributed by atoms with E-state index in [1.54, 1.807) is 7.11 Å². The third-order valence-corrected chi connectivity index (χ3v) is 8.46. The van der Waals surface area contributed by atoms with Crippen LogP contribution < -0.4 is 20.3 Å². The number of H-pyrrole nitrogens is 1. The molecule has 1 amide bonds. The van der Waals surface area contributed by atoms with Crippen LogP contribution in [0.1, 0.15) is 51.1 Å². The van der Waals surface area contributed by atoms with Crippen molar-refractivity contribution in [2.24, 2.45) is 5.92 Å². The van der Waals surface area contributed by atoms with E-state index < -0.39 is 0 Å². The minimum absolute atomic E-state index is 0.0943. The fourth-order valence-electron chi connectivity index (χ4n) is 5.45. The number of nitrogens with zero attached hydrogens (tertiary/aromatic N) is 5. The number of aryl methyl sites for hydroxylation is 1. The quantitative estimate of drug-likeness (QED) is 0.276. The first kappa shape index (κ1) is 28.2. The number of rotatable bonds is 10. The Morgan fingerprint density at radius 2 is 1.85 bits per heavy atom. The molecule has 0 radical (unpaired) electrons. The van der Waals surface area contributed by atoms with Crippen molar-refractivity contribution in [2.75, 3.05) is 55.4 Å². The number of likely N-dealkylation sites (tertiary alicyclic amines) is 1. The Labute approximate surface area is 240 Å². The highest BCUT2D eigenvalue weighted by Crippen LogP contribution is 2.39. The molecule has 0 unspecified atom stereocenters. The second-order valence-electron chi connectivity index (χ2n) is 10.7. The molecule has 4 heterocycles. The second-order valence-corrected chi connectivity index (χ2v) is 11.7. The Morgan fingerprint density at radius 3 is 2.50 bits per heavy atom. The van der Waals surface area contributed by atoms with Crippen LogP contribution in [0.3, 0.4) is 0 Å². The molecule has 3 aromatic rings. The van der Waals surface area contributed by atoms with Gasteiger partial charge in [0.25, 0.3) is 0 Å². The largest absolute Gasteiger partial charge is 0.490 e. The number of aromatic amines is 1. The third-order valence-electron chi connectivity index (χ3n) is 7.58. The van der Waals surface area contributed by atoms with Gasteiger partial charge in [0.05, 0.1) is 7.11 Å². The number of amides is 1. The lowest BCUT2D eigenvalue weighted by Crippen LogP contribution is -2.37. The number of carbonyl (C=O) groups is 1. The molecule has 0 spiro atoms. The number of aromatic nitrogens is 4. The van der Waals surface area contributed by atoms with Gasteiger partial charge in [0.2, 0.25) is 11.7 Å². The first-order valence-corrected chi connectivity index (χ1v) is 15.1. The standard InChI is InChI=1S/C29H40N8O2S/c1-20-19-25(35-34-20)31-27-26(39-3)28(33-29(32-27)40-24-9-7-23(8-10-24)30-21(2)38)37-17-12-22(13-18-37)11-16-36-14-5-4-6-15-36/h7-10,19,22H,4-6,11-18H2,1-3H3,(H,30,38)(H2,31,32,33,34,35). The van der Waals surface area contributed by atoms with E-state index in [0.29, 0.717) is 22.5 Å². The molecule has 0 saturated carbocycles. The van der Waals surface area contributed by atoms with Crippen molar-refractivity contribution in [1.82, 2.24) is 25.1 Å². The molecule has 5 rings (SSSR count). The summed E-state index contributed by atoms with van der Waals surface area (Å²) in [5, 5.41) is 14.1. The molecule has 0 atom stereocenters. The second kappa shape index (κ2) is 13.4. The molecule has 2 fully saturated rings. The van der Waals surface area contributed by atoms with E-state index >= 15 is 0 Å². The number of benzene rings is 1. The zero-order chi connectivity index (χ0) is 27.9. The van der Waals surface area contributed by atoms with E-state index in [1.807, 2.05) is 37.3 Å². The maximum atomic E-state index is 11.4. The molecular weight excluding hydrogens is 524 g/mol. The smallest absolute Gasteiger partial charge is 0.221 e. The topological polar surface area (TPSA) is 111 Å². The molecular formula is C29H40N8O2S. The summed E-state index contributed by atoms with van der Waals surface area (Å²) in [5.74, 6) is 3.34. The predicted molar refractivity (Wildman–Crippen MR) is 160 cm³/mol. The normalized spacial score (nSPS) is 16.6. The molecule has 2 aliphatic heterocycles. The van der Waals surface area contributed by atoms with Gasteiger partial charge >= 0.3 is 0 Å². The van der Waals surface area contributed by atoms with Crippen molar-refractivity contribution in [3.63, 3.8) is 0 Å². The highest BCUT2D eigenvalue weighted by atomic mass is 32.2. The highest BCUT2D eigenvalue weighted by molar-refractivity contribution is 7.99. The van der Waals surface area contributed by atoms with Gasteiger partial charge in [0, 0.05) is 42.4 Å². The molecule has 214 valence electrons. The van der Waals surface area contributed by atoms with Crippen LogP contribution in [0.25, 0.3) is 0 Å². The zero-order valence-corrected chi connectivity index (χ0v) is 24.5. The van der Waals surface area contributed by atoms with Crippen LogP contribution >= 0.6 is 11.8 Å². The summed E-state index contributed by atoms with van der Waals surface area (Å²) in [6, 6.07) is 9.62. The molecule has 11 heteroatoms. The van der Waals surface area contributed by atoms with Crippen LogP contribution in [0.4, 0.5) is 23.1 Å². The van der Waals surface area contributed by atoms with Crippen LogP contribution in [-0.4, -0.2) is 70.8 Å². The van der Waals surface area contributed by atoms with Crippen molar-refractivity contribution in [2.45, 2.75) is 62.4 Å². The van der Waals surface area contributed by atoms with Crippen molar-refractivity contribution in [3.8, 4) is 5.75 Å².